The fraction of sp³-hybridized carbons (Fsp3) is 0.400. The van der Waals surface area contributed by atoms with Gasteiger partial charge in [0.25, 0.3) is 0 Å². The minimum Gasteiger partial charge on any atom is -0.0808 e. The van der Waals surface area contributed by atoms with Crippen LogP contribution in [0.15, 0.2) is 48.6 Å². The van der Waals surface area contributed by atoms with Gasteiger partial charge in [0.1, 0.15) is 0 Å². The number of rotatable bonds is 3. The minimum atomic E-state index is 0.821. The molecule has 0 bridgehead atoms. The lowest BCUT2D eigenvalue weighted by molar-refractivity contribution is 0.397. The minimum absolute atomic E-state index is 0.821. The fourth-order valence-electron chi connectivity index (χ4n) is 4.34. The highest BCUT2D eigenvalue weighted by atomic mass is 14.4. The van der Waals surface area contributed by atoms with E-state index < -0.39 is 0 Å². The van der Waals surface area contributed by atoms with E-state index in [2.05, 4.69) is 54.6 Å². The predicted molar refractivity (Wildman–Crippen MR) is 85.4 cm³/mol. The third-order valence-corrected chi connectivity index (χ3v) is 5.44. The molecular weight excluding hydrogens is 240 g/mol. The van der Waals surface area contributed by atoms with Crippen LogP contribution in [0.1, 0.15) is 32.1 Å². The van der Waals surface area contributed by atoms with E-state index in [0.717, 1.165) is 17.8 Å². The van der Waals surface area contributed by atoms with Crippen LogP contribution >= 0.6 is 0 Å². The molecule has 1 saturated carbocycles. The zero-order valence-corrected chi connectivity index (χ0v) is 12.0. The molecule has 3 atom stereocenters. The smallest absolute Gasteiger partial charge is 0.0120 e. The van der Waals surface area contributed by atoms with Crippen LogP contribution in [0.4, 0.5) is 0 Å². The quantitative estimate of drug-likeness (QED) is 0.781. The van der Waals surface area contributed by atoms with Crippen molar-refractivity contribution in [1.29, 1.82) is 0 Å². The van der Waals surface area contributed by atoms with Gasteiger partial charge in [0.2, 0.25) is 0 Å². The molecule has 102 valence electrons. The second kappa shape index (κ2) is 5.09. The highest BCUT2D eigenvalue weighted by Gasteiger charge is 2.33. The van der Waals surface area contributed by atoms with E-state index in [1.807, 2.05) is 0 Å². The molecule has 20 heavy (non-hydrogen) atoms. The van der Waals surface area contributed by atoms with Crippen molar-refractivity contribution in [2.45, 2.75) is 32.1 Å². The van der Waals surface area contributed by atoms with Gasteiger partial charge in [0.05, 0.1) is 0 Å². The predicted octanol–water partition coefficient (Wildman–Crippen LogP) is 3.57. The Balaban J connectivity index is 1.49. The third kappa shape index (κ3) is 2.08. The van der Waals surface area contributed by atoms with E-state index in [1.165, 1.54) is 42.5 Å². The molecule has 3 unspecified atom stereocenters. The molecule has 1 aromatic carbocycles. The van der Waals surface area contributed by atoms with Crippen molar-refractivity contribution in [3.8, 4) is 0 Å². The Morgan fingerprint density at radius 2 is 1.90 bits per heavy atom. The molecule has 0 amide bonds. The highest BCUT2D eigenvalue weighted by Crippen LogP contribution is 2.43. The highest BCUT2D eigenvalue weighted by molar-refractivity contribution is 5.58. The first-order valence-electron chi connectivity index (χ1n) is 8.04. The maximum absolute atomic E-state index is 2.46. The van der Waals surface area contributed by atoms with Crippen molar-refractivity contribution in [2.24, 2.45) is 17.8 Å². The summed E-state index contributed by atoms with van der Waals surface area (Å²) in [6.07, 6.45) is 18.4. The lowest BCUT2D eigenvalue weighted by Crippen LogP contribution is -2.22. The Hall–Kier alpha value is -1.56. The fourth-order valence-corrected chi connectivity index (χ4v) is 4.34. The summed E-state index contributed by atoms with van der Waals surface area (Å²) in [5.74, 6) is 2.56. The molecule has 0 N–H and O–H groups in total. The lowest BCUT2D eigenvalue weighted by atomic mass is 9.83. The Morgan fingerprint density at radius 1 is 1.00 bits per heavy atom. The van der Waals surface area contributed by atoms with Crippen LogP contribution in [0.2, 0.25) is 0 Å². The van der Waals surface area contributed by atoms with Gasteiger partial charge in [-0.2, -0.15) is 0 Å². The van der Waals surface area contributed by atoms with Gasteiger partial charge in [0.15, 0.2) is 0 Å². The standard InChI is InChI=1S/C20H22/c1-3-7-19-15(5-1)9-11-17(19)13-14-18-12-10-16-6-2-4-8-20(16)18/h1-9,16,18,20H,10-14H2. The Labute approximate surface area is 121 Å². The Morgan fingerprint density at radius 3 is 2.90 bits per heavy atom. The number of hydrogen-bond donors (Lipinski definition) is 0. The van der Waals surface area contributed by atoms with Crippen molar-refractivity contribution >= 4 is 11.6 Å². The molecule has 0 heterocycles. The molecule has 0 aromatic heterocycles. The van der Waals surface area contributed by atoms with Crippen molar-refractivity contribution < 1.29 is 0 Å². The molecule has 0 nitrogen and oxygen atoms in total. The zero-order chi connectivity index (χ0) is 13.4. The van der Waals surface area contributed by atoms with Crippen molar-refractivity contribution in [3.63, 3.8) is 0 Å². The van der Waals surface area contributed by atoms with Crippen molar-refractivity contribution in [3.05, 3.63) is 59.0 Å². The summed E-state index contributed by atoms with van der Waals surface area (Å²) in [6, 6.07) is 8.88. The van der Waals surface area contributed by atoms with Gasteiger partial charge >= 0.3 is 0 Å². The Bertz CT molecular complexity index is 674. The summed E-state index contributed by atoms with van der Waals surface area (Å²) >= 11 is 0. The summed E-state index contributed by atoms with van der Waals surface area (Å²) in [5, 5.41) is 2.97. The topological polar surface area (TPSA) is 0 Å². The van der Waals surface area contributed by atoms with Crippen molar-refractivity contribution in [2.75, 3.05) is 0 Å². The summed E-state index contributed by atoms with van der Waals surface area (Å²) in [7, 11) is 0. The van der Waals surface area contributed by atoms with Gasteiger partial charge in [-0.1, -0.05) is 60.2 Å². The van der Waals surface area contributed by atoms with E-state index in [4.69, 9.17) is 0 Å². The van der Waals surface area contributed by atoms with Crippen LogP contribution in [0.25, 0.3) is 11.6 Å². The normalized spacial score (nSPS) is 30.2. The van der Waals surface area contributed by atoms with Gasteiger partial charge in [0, 0.05) is 0 Å². The van der Waals surface area contributed by atoms with Gasteiger partial charge in [-0.15, -0.1) is 0 Å². The molecule has 3 aliphatic rings. The first-order valence-corrected chi connectivity index (χ1v) is 8.04. The maximum atomic E-state index is 2.46. The van der Waals surface area contributed by atoms with E-state index in [0.29, 0.717) is 0 Å². The van der Waals surface area contributed by atoms with Crippen LogP contribution < -0.4 is 10.4 Å². The maximum Gasteiger partial charge on any atom is -0.0120 e. The molecule has 0 heteroatoms. The van der Waals surface area contributed by atoms with E-state index in [-0.39, 0.29) is 0 Å². The molecule has 0 radical (unpaired) electrons. The zero-order valence-electron chi connectivity index (χ0n) is 12.0. The summed E-state index contributed by atoms with van der Waals surface area (Å²) < 4.78 is 0. The summed E-state index contributed by atoms with van der Waals surface area (Å²) in [6.45, 7) is 0. The van der Waals surface area contributed by atoms with Crippen LogP contribution in [0.5, 0.6) is 0 Å². The molecule has 0 spiro atoms. The summed E-state index contributed by atoms with van der Waals surface area (Å²) in [4.78, 5) is 0. The number of benzene rings is 1. The first kappa shape index (κ1) is 12.2. The molecule has 3 aliphatic carbocycles. The molecule has 0 aliphatic heterocycles. The van der Waals surface area contributed by atoms with Gasteiger partial charge < -0.3 is 0 Å². The third-order valence-electron chi connectivity index (χ3n) is 5.44. The van der Waals surface area contributed by atoms with E-state index >= 15 is 0 Å². The molecule has 1 fully saturated rings. The van der Waals surface area contributed by atoms with Gasteiger partial charge in [-0.05, 0) is 60.3 Å². The average molecular weight is 262 g/mol. The van der Waals surface area contributed by atoms with Crippen LogP contribution in [-0.2, 0) is 0 Å². The second-order valence-corrected chi connectivity index (χ2v) is 6.49. The van der Waals surface area contributed by atoms with Crippen molar-refractivity contribution in [1.82, 2.24) is 0 Å². The molecule has 0 saturated heterocycles. The largest absolute Gasteiger partial charge is 0.0808 e. The number of hydrogen-bond acceptors (Lipinski definition) is 0. The van der Waals surface area contributed by atoms with Crippen LogP contribution in [0.3, 0.4) is 0 Å². The SMILES string of the molecule is C1=CC2CCC(CCC3=c4ccccc4=CC3)C2C=C1. The molecule has 4 rings (SSSR count). The van der Waals surface area contributed by atoms with E-state index in [1.54, 1.807) is 5.57 Å². The monoisotopic (exact) mass is 262 g/mol. The Kier molecular flexibility index (Phi) is 3.10. The van der Waals surface area contributed by atoms with Gasteiger partial charge in [-0.3, -0.25) is 0 Å². The second-order valence-electron chi connectivity index (χ2n) is 6.49. The molecular formula is C20H22. The number of fused-ring (bicyclic) bond motifs is 2. The average Bonchev–Trinajstić information content (AvgIpc) is 3.09. The number of allylic oxidation sites excluding steroid dienone is 4. The van der Waals surface area contributed by atoms with Crippen LogP contribution in [0, 0.1) is 17.8 Å². The van der Waals surface area contributed by atoms with Gasteiger partial charge in [-0.25, -0.2) is 0 Å². The van der Waals surface area contributed by atoms with E-state index in [9.17, 15) is 0 Å². The first-order chi connectivity index (χ1) is 9.92. The summed E-state index contributed by atoms with van der Waals surface area (Å²) in [5.41, 5.74) is 1.67. The lowest BCUT2D eigenvalue weighted by Gasteiger charge is -2.22. The van der Waals surface area contributed by atoms with Crippen LogP contribution in [-0.4, -0.2) is 0 Å². The molecule has 1 aromatic rings.